The summed E-state index contributed by atoms with van der Waals surface area (Å²) < 4.78 is 0. The summed E-state index contributed by atoms with van der Waals surface area (Å²) in [7, 11) is 0. The number of hydrogen-bond acceptors (Lipinski definition) is 4. The van der Waals surface area contributed by atoms with Crippen LogP contribution in [0.1, 0.15) is 111 Å². The van der Waals surface area contributed by atoms with E-state index >= 15 is 0 Å². The normalized spacial score (nSPS) is 20.8. The Hall–Kier alpha value is -2.62. The molecular formula is C30H42N2O2. The van der Waals surface area contributed by atoms with Crippen molar-refractivity contribution in [1.29, 1.82) is 0 Å². The number of hydrogen-bond donors (Lipinski definition) is 2. The van der Waals surface area contributed by atoms with Crippen LogP contribution in [0.2, 0.25) is 0 Å². The Morgan fingerprint density at radius 2 is 1.15 bits per heavy atom. The van der Waals surface area contributed by atoms with Crippen molar-refractivity contribution in [2.45, 2.75) is 104 Å². The minimum absolute atomic E-state index is 0.0814. The highest BCUT2D eigenvalue weighted by Crippen LogP contribution is 2.31. The molecule has 4 unspecified atom stereocenters. The van der Waals surface area contributed by atoms with E-state index in [0.29, 0.717) is 23.3 Å². The fraction of sp³-hybridized carbons (Fsp3) is 0.533. The van der Waals surface area contributed by atoms with Gasteiger partial charge in [0.25, 0.3) is 0 Å². The van der Waals surface area contributed by atoms with Gasteiger partial charge in [0.05, 0.1) is 12.1 Å². The van der Waals surface area contributed by atoms with E-state index in [0.717, 1.165) is 60.8 Å². The van der Waals surface area contributed by atoms with Gasteiger partial charge in [-0.2, -0.15) is 0 Å². The second kappa shape index (κ2) is 11.7. The van der Waals surface area contributed by atoms with Gasteiger partial charge in [-0.25, -0.2) is 0 Å². The molecule has 1 saturated carbocycles. The second-order valence-corrected chi connectivity index (χ2v) is 10.1. The van der Waals surface area contributed by atoms with Crippen LogP contribution in [-0.4, -0.2) is 34.7 Å². The van der Waals surface area contributed by atoms with E-state index in [4.69, 9.17) is 9.98 Å². The largest absolute Gasteiger partial charge is 0.507 e. The zero-order valence-corrected chi connectivity index (χ0v) is 21.8. The lowest BCUT2D eigenvalue weighted by atomic mass is 9.90. The summed E-state index contributed by atoms with van der Waals surface area (Å²) >= 11 is 0. The van der Waals surface area contributed by atoms with Crippen LogP contribution in [0.3, 0.4) is 0 Å². The Morgan fingerprint density at radius 3 is 1.50 bits per heavy atom. The summed E-state index contributed by atoms with van der Waals surface area (Å²) in [5.74, 6) is 1.52. The highest BCUT2D eigenvalue weighted by atomic mass is 16.3. The molecule has 2 aromatic rings. The molecule has 2 N–H and O–H groups in total. The van der Waals surface area contributed by atoms with E-state index in [-0.39, 0.29) is 12.1 Å². The number of rotatable bonds is 8. The van der Waals surface area contributed by atoms with Gasteiger partial charge in [0.1, 0.15) is 11.5 Å². The SMILES string of the molecule is CCC(C)c1cc(C)c(O)c(C=NC2CCCCC2N=Cc2cc(C(C)CC)cc(C)c2O)c1. The highest BCUT2D eigenvalue weighted by molar-refractivity contribution is 5.85. The average Bonchev–Trinajstić information content (AvgIpc) is 2.84. The summed E-state index contributed by atoms with van der Waals surface area (Å²) in [6, 6.07) is 8.47. The first-order chi connectivity index (χ1) is 16.2. The van der Waals surface area contributed by atoms with Gasteiger partial charge in [0, 0.05) is 23.6 Å². The van der Waals surface area contributed by atoms with E-state index < -0.39 is 0 Å². The zero-order chi connectivity index (χ0) is 24.8. The van der Waals surface area contributed by atoms with E-state index in [1.807, 2.05) is 26.3 Å². The molecule has 0 spiro atoms. The standard InChI is InChI=1S/C30H42N2O2/c1-7-19(3)23-13-21(5)29(33)25(15-23)17-31-27-11-9-10-12-28(27)32-18-26-16-24(20(4)8-2)14-22(6)30(26)34/h13-20,27-28,33-34H,7-12H2,1-6H3. The van der Waals surface area contributed by atoms with Crippen LogP contribution < -0.4 is 0 Å². The van der Waals surface area contributed by atoms with Gasteiger partial charge < -0.3 is 10.2 Å². The van der Waals surface area contributed by atoms with Crippen molar-refractivity contribution >= 4 is 12.4 Å². The summed E-state index contributed by atoms with van der Waals surface area (Å²) in [6.45, 7) is 12.7. The summed E-state index contributed by atoms with van der Waals surface area (Å²) in [5, 5.41) is 21.2. The average molecular weight is 463 g/mol. The quantitative estimate of drug-likeness (QED) is 0.397. The van der Waals surface area contributed by atoms with Crippen LogP contribution in [0, 0.1) is 13.8 Å². The molecule has 1 fully saturated rings. The maximum Gasteiger partial charge on any atom is 0.127 e. The lowest BCUT2D eigenvalue weighted by molar-refractivity contribution is 0.390. The first kappa shape index (κ1) is 26.0. The predicted octanol–water partition coefficient (Wildman–Crippen LogP) is 7.59. The number of phenols is 2. The van der Waals surface area contributed by atoms with Gasteiger partial charge >= 0.3 is 0 Å². The van der Waals surface area contributed by atoms with Crippen molar-refractivity contribution in [2.75, 3.05) is 0 Å². The summed E-state index contributed by atoms with van der Waals surface area (Å²) in [5.41, 5.74) is 5.85. The van der Waals surface area contributed by atoms with Crippen LogP contribution in [0.15, 0.2) is 34.3 Å². The maximum absolute atomic E-state index is 10.6. The Bertz CT molecular complexity index is 957. The number of phenolic OH excluding ortho intramolecular Hbond substituents is 2. The number of benzene rings is 2. The summed E-state index contributed by atoms with van der Waals surface area (Å²) in [6.07, 6.45) is 10.1. The van der Waals surface area contributed by atoms with Crippen LogP contribution >= 0.6 is 0 Å². The smallest absolute Gasteiger partial charge is 0.127 e. The Balaban J connectivity index is 1.85. The monoisotopic (exact) mass is 462 g/mol. The molecule has 2 aromatic carbocycles. The Labute approximate surface area is 205 Å². The Morgan fingerprint density at radius 1 is 0.765 bits per heavy atom. The van der Waals surface area contributed by atoms with Gasteiger partial charge in [0.2, 0.25) is 0 Å². The Kier molecular flexibility index (Phi) is 8.93. The van der Waals surface area contributed by atoms with E-state index in [2.05, 4.69) is 52.0 Å². The van der Waals surface area contributed by atoms with Crippen LogP contribution in [0.5, 0.6) is 11.5 Å². The third-order valence-electron chi connectivity index (χ3n) is 7.57. The van der Waals surface area contributed by atoms with E-state index in [1.165, 1.54) is 11.1 Å². The molecular weight excluding hydrogens is 420 g/mol. The van der Waals surface area contributed by atoms with Crippen molar-refractivity contribution in [3.8, 4) is 11.5 Å². The molecule has 184 valence electrons. The fourth-order valence-electron chi connectivity index (χ4n) is 4.70. The molecule has 34 heavy (non-hydrogen) atoms. The molecule has 0 aliphatic heterocycles. The van der Waals surface area contributed by atoms with Gasteiger partial charge in [-0.1, -0.05) is 52.7 Å². The molecule has 0 bridgehead atoms. The third kappa shape index (κ3) is 6.08. The lowest BCUT2D eigenvalue weighted by Gasteiger charge is -2.25. The molecule has 0 saturated heterocycles. The van der Waals surface area contributed by atoms with Crippen molar-refractivity contribution in [2.24, 2.45) is 9.98 Å². The molecule has 0 amide bonds. The number of nitrogens with zero attached hydrogens (tertiary/aromatic N) is 2. The van der Waals surface area contributed by atoms with Crippen molar-refractivity contribution in [3.63, 3.8) is 0 Å². The van der Waals surface area contributed by atoms with Gasteiger partial charge in [-0.15, -0.1) is 0 Å². The third-order valence-corrected chi connectivity index (χ3v) is 7.57. The summed E-state index contributed by atoms with van der Waals surface area (Å²) in [4.78, 5) is 9.83. The molecule has 1 aliphatic rings. The first-order valence-corrected chi connectivity index (χ1v) is 13.0. The first-order valence-electron chi connectivity index (χ1n) is 13.0. The zero-order valence-electron chi connectivity index (χ0n) is 21.8. The number of aromatic hydroxyl groups is 2. The van der Waals surface area contributed by atoms with E-state index in [1.54, 1.807) is 0 Å². The lowest BCUT2D eigenvalue weighted by Crippen LogP contribution is -2.27. The van der Waals surface area contributed by atoms with Gasteiger partial charge in [0.15, 0.2) is 0 Å². The predicted molar refractivity (Wildman–Crippen MR) is 144 cm³/mol. The van der Waals surface area contributed by atoms with Crippen molar-refractivity contribution in [1.82, 2.24) is 0 Å². The minimum atomic E-state index is 0.0814. The maximum atomic E-state index is 10.6. The van der Waals surface area contributed by atoms with Crippen LogP contribution in [0.4, 0.5) is 0 Å². The van der Waals surface area contributed by atoms with Gasteiger partial charge in [-0.05, 0) is 85.8 Å². The molecule has 4 heteroatoms. The minimum Gasteiger partial charge on any atom is -0.507 e. The van der Waals surface area contributed by atoms with Crippen molar-refractivity contribution < 1.29 is 10.2 Å². The van der Waals surface area contributed by atoms with E-state index in [9.17, 15) is 10.2 Å². The molecule has 4 nitrogen and oxygen atoms in total. The highest BCUT2D eigenvalue weighted by Gasteiger charge is 2.24. The fourth-order valence-corrected chi connectivity index (χ4v) is 4.70. The molecule has 1 aliphatic carbocycles. The molecule has 0 aromatic heterocycles. The van der Waals surface area contributed by atoms with Gasteiger partial charge in [-0.3, -0.25) is 9.98 Å². The molecule has 4 atom stereocenters. The second-order valence-electron chi connectivity index (χ2n) is 10.1. The topological polar surface area (TPSA) is 65.2 Å². The van der Waals surface area contributed by atoms with Crippen LogP contribution in [0.25, 0.3) is 0 Å². The number of aliphatic imine (C=N–C) groups is 2. The van der Waals surface area contributed by atoms with Crippen molar-refractivity contribution in [3.05, 3.63) is 57.6 Å². The molecule has 0 heterocycles. The number of aryl methyl sites for hydroxylation is 2. The molecule has 0 radical (unpaired) electrons. The molecule has 3 rings (SSSR count). The van der Waals surface area contributed by atoms with Crippen LogP contribution in [-0.2, 0) is 0 Å².